The predicted molar refractivity (Wildman–Crippen MR) is 105 cm³/mol. The Morgan fingerprint density at radius 2 is 2.10 bits per heavy atom. The Hall–Kier alpha value is -2.90. The minimum Gasteiger partial charge on any atom is -0.439 e. The summed E-state index contributed by atoms with van der Waals surface area (Å²) in [6.45, 7) is 3.73. The highest BCUT2D eigenvalue weighted by atomic mass is 16.6. The van der Waals surface area contributed by atoms with Gasteiger partial charge in [-0.2, -0.15) is 4.98 Å². The number of ether oxygens (including phenoxy) is 1. The highest BCUT2D eigenvalue weighted by Crippen LogP contribution is 2.31. The molecule has 1 aromatic heterocycles. The zero-order valence-corrected chi connectivity index (χ0v) is 16.9. The van der Waals surface area contributed by atoms with Crippen LogP contribution in [-0.2, 0) is 16.0 Å². The second-order valence-corrected chi connectivity index (χ2v) is 8.01. The van der Waals surface area contributed by atoms with Gasteiger partial charge in [0.05, 0.1) is 13.1 Å². The zero-order chi connectivity index (χ0) is 20.4. The van der Waals surface area contributed by atoms with E-state index < -0.39 is 5.60 Å². The SMILES string of the molecule is Cc1ccccc1-c1noc(CCCC(=O)N2CCC[C@]3(CN(C)C(=O)O3)C2)n1. The third-order valence-electron chi connectivity index (χ3n) is 5.67. The van der Waals surface area contributed by atoms with Gasteiger partial charge in [0.15, 0.2) is 0 Å². The molecular formula is C21H26N4O4. The summed E-state index contributed by atoms with van der Waals surface area (Å²) in [5.74, 6) is 1.19. The van der Waals surface area contributed by atoms with Gasteiger partial charge >= 0.3 is 6.09 Å². The fraction of sp³-hybridized carbons (Fsp3) is 0.524. The van der Waals surface area contributed by atoms with Crippen LogP contribution in [0.3, 0.4) is 0 Å². The molecule has 0 N–H and O–H groups in total. The van der Waals surface area contributed by atoms with Gasteiger partial charge in [0.2, 0.25) is 17.6 Å². The largest absolute Gasteiger partial charge is 0.439 e. The van der Waals surface area contributed by atoms with E-state index in [1.807, 2.05) is 36.1 Å². The van der Waals surface area contributed by atoms with Gasteiger partial charge in [-0.25, -0.2) is 4.79 Å². The van der Waals surface area contributed by atoms with Crippen LogP contribution in [0.25, 0.3) is 11.4 Å². The average Bonchev–Trinajstić information content (AvgIpc) is 3.26. The number of likely N-dealkylation sites (N-methyl/N-ethyl adjacent to an activating group) is 1. The second-order valence-electron chi connectivity index (χ2n) is 8.01. The van der Waals surface area contributed by atoms with Crippen LogP contribution in [0.2, 0.25) is 0 Å². The van der Waals surface area contributed by atoms with Crippen LogP contribution in [0.15, 0.2) is 28.8 Å². The molecule has 3 heterocycles. The summed E-state index contributed by atoms with van der Waals surface area (Å²) >= 11 is 0. The van der Waals surface area contributed by atoms with Crippen LogP contribution in [0.4, 0.5) is 4.79 Å². The van der Waals surface area contributed by atoms with Crippen LogP contribution in [0, 0.1) is 6.92 Å². The van der Waals surface area contributed by atoms with Crippen LogP contribution in [0.1, 0.15) is 37.1 Å². The number of hydrogen-bond donors (Lipinski definition) is 0. The van der Waals surface area contributed by atoms with Crippen LogP contribution < -0.4 is 0 Å². The molecule has 2 aliphatic rings. The van der Waals surface area contributed by atoms with Crippen LogP contribution in [-0.4, -0.2) is 64.2 Å². The highest BCUT2D eigenvalue weighted by Gasteiger charge is 2.47. The van der Waals surface area contributed by atoms with Gasteiger partial charge in [-0.15, -0.1) is 0 Å². The average molecular weight is 398 g/mol. The summed E-state index contributed by atoms with van der Waals surface area (Å²) in [4.78, 5) is 32.3. The van der Waals surface area contributed by atoms with Gasteiger partial charge in [0, 0.05) is 32.0 Å². The smallest absolute Gasteiger partial charge is 0.410 e. The van der Waals surface area contributed by atoms with E-state index >= 15 is 0 Å². The Bertz CT molecular complexity index is 912. The number of aromatic nitrogens is 2. The van der Waals surface area contributed by atoms with E-state index in [9.17, 15) is 9.59 Å². The molecule has 2 fully saturated rings. The van der Waals surface area contributed by atoms with Gasteiger partial charge in [-0.05, 0) is 31.7 Å². The minimum absolute atomic E-state index is 0.0771. The fourth-order valence-electron chi connectivity index (χ4n) is 4.15. The van der Waals surface area contributed by atoms with E-state index in [1.165, 1.54) is 0 Å². The van der Waals surface area contributed by atoms with Gasteiger partial charge in [0.1, 0.15) is 5.60 Å². The quantitative estimate of drug-likeness (QED) is 0.769. The lowest BCUT2D eigenvalue weighted by Crippen LogP contribution is -2.52. The van der Waals surface area contributed by atoms with Crippen molar-refractivity contribution in [3.63, 3.8) is 0 Å². The summed E-state index contributed by atoms with van der Waals surface area (Å²) in [6.07, 6.45) is 2.94. The molecule has 4 rings (SSSR count). The van der Waals surface area contributed by atoms with Crippen molar-refractivity contribution in [1.29, 1.82) is 0 Å². The van der Waals surface area contributed by atoms with Crippen LogP contribution in [0.5, 0.6) is 0 Å². The topological polar surface area (TPSA) is 88.8 Å². The van der Waals surface area contributed by atoms with Crippen molar-refractivity contribution < 1.29 is 18.8 Å². The second kappa shape index (κ2) is 7.85. The molecule has 0 unspecified atom stereocenters. The zero-order valence-electron chi connectivity index (χ0n) is 16.9. The van der Waals surface area contributed by atoms with Gasteiger partial charge in [0.25, 0.3) is 0 Å². The lowest BCUT2D eigenvalue weighted by atomic mass is 9.92. The van der Waals surface area contributed by atoms with Gasteiger partial charge < -0.3 is 19.1 Å². The minimum atomic E-state index is -0.547. The number of carbonyl (C=O) groups is 2. The lowest BCUT2D eigenvalue weighted by molar-refractivity contribution is -0.136. The Morgan fingerprint density at radius 3 is 2.86 bits per heavy atom. The molecule has 154 valence electrons. The third kappa shape index (κ3) is 4.11. The Morgan fingerprint density at radius 1 is 1.28 bits per heavy atom. The molecule has 2 aromatic rings. The Balaban J connectivity index is 1.29. The molecule has 0 radical (unpaired) electrons. The summed E-state index contributed by atoms with van der Waals surface area (Å²) < 4.78 is 10.9. The fourth-order valence-corrected chi connectivity index (χ4v) is 4.15. The van der Waals surface area contributed by atoms with Crippen LogP contribution >= 0.6 is 0 Å². The first kappa shape index (κ1) is 19.4. The molecule has 29 heavy (non-hydrogen) atoms. The standard InChI is InChI=1S/C21H26N4O4/c1-15-7-3-4-8-16(15)19-22-17(29-23-19)9-5-10-18(26)25-12-6-11-21(14-25)13-24(2)20(27)28-21/h3-4,7-8H,5-6,9-14H2,1-2H3/t21-/m0/s1. The number of likely N-dealkylation sites (tertiary alicyclic amines) is 1. The number of rotatable bonds is 5. The van der Waals surface area contributed by atoms with Crippen molar-refractivity contribution in [2.75, 3.05) is 26.7 Å². The molecule has 0 aliphatic carbocycles. The number of carbonyl (C=O) groups excluding carboxylic acids is 2. The summed E-state index contributed by atoms with van der Waals surface area (Å²) in [5, 5.41) is 4.06. The summed E-state index contributed by atoms with van der Waals surface area (Å²) in [6, 6.07) is 7.89. The summed E-state index contributed by atoms with van der Waals surface area (Å²) in [5.41, 5.74) is 1.50. The number of nitrogens with zero attached hydrogens (tertiary/aromatic N) is 4. The Labute approximate surface area is 169 Å². The maximum Gasteiger partial charge on any atom is 0.410 e. The molecule has 0 saturated carbocycles. The third-order valence-corrected chi connectivity index (χ3v) is 5.67. The maximum absolute atomic E-state index is 12.7. The number of piperidine rings is 1. The van der Waals surface area contributed by atoms with Gasteiger partial charge in [-0.3, -0.25) is 4.79 Å². The van der Waals surface area contributed by atoms with Crippen molar-refractivity contribution in [2.24, 2.45) is 0 Å². The van der Waals surface area contributed by atoms with E-state index in [0.29, 0.717) is 50.6 Å². The maximum atomic E-state index is 12.7. The first-order chi connectivity index (χ1) is 14.0. The molecule has 8 heteroatoms. The van der Waals surface area contributed by atoms with Crippen molar-refractivity contribution in [3.05, 3.63) is 35.7 Å². The number of benzene rings is 1. The van der Waals surface area contributed by atoms with Crippen molar-refractivity contribution in [3.8, 4) is 11.4 Å². The molecular weight excluding hydrogens is 372 g/mol. The molecule has 2 saturated heterocycles. The first-order valence-corrected chi connectivity index (χ1v) is 10.1. The monoisotopic (exact) mass is 398 g/mol. The molecule has 2 amide bonds. The van der Waals surface area contributed by atoms with E-state index in [4.69, 9.17) is 9.26 Å². The number of amides is 2. The molecule has 1 spiro atoms. The Kier molecular flexibility index (Phi) is 5.25. The van der Waals surface area contributed by atoms with Crippen molar-refractivity contribution in [2.45, 2.75) is 44.6 Å². The van der Waals surface area contributed by atoms with E-state index in [0.717, 1.165) is 24.0 Å². The molecule has 0 bridgehead atoms. The normalized spacial score (nSPS) is 21.7. The molecule has 1 aromatic carbocycles. The lowest BCUT2D eigenvalue weighted by Gasteiger charge is -2.38. The van der Waals surface area contributed by atoms with Crippen molar-refractivity contribution in [1.82, 2.24) is 19.9 Å². The highest BCUT2D eigenvalue weighted by molar-refractivity contribution is 5.77. The van der Waals surface area contributed by atoms with E-state index in [-0.39, 0.29) is 12.0 Å². The van der Waals surface area contributed by atoms with Gasteiger partial charge in [-0.1, -0.05) is 29.4 Å². The molecule has 8 nitrogen and oxygen atoms in total. The number of aryl methyl sites for hydroxylation is 2. The number of hydrogen-bond acceptors (Lipinski definition) is 6. The van der Waals surface area contributed by atoms with E-state index in [2.05, 4.69) is 10.1 Å². The van der Waals surface area contributed by atoms with Crippen molar-refractivity contribution >= 4 is 12.0 Å². The van der Waals surface area contributed by atoms with E-state index in [1.54, 1.807) is 11.9 Å². The summed E-state index contributed by atoms with van der Waals surface area (Å²) in [7, 11) is 1.73. The molecule has 2 aliphatic heterocycles. The molecule has 1 atom stereocenters. The first-order valence-electron chi connectivity index (χ1n) is 10.1. The predicted octanol–water partition coefficient (Wildman–Crippen LogP) is 2.81.